The zero-order valence-electron chi connectivity index (χ0n) is 14.2. The van der Waals surface area contributed by atoms with Crippen LogP contribution in [0.25, 0.3) is 0 Å². The van der Waals surface area contributed by atoms with Gasteiger partial charge in [-0.25, -0.2) is 18.8 Å². The highest BCUT2D eigenvalue weighted by Crippen LogP contribution is 2.20. The van der Waals surface area contributed by atoms with Crippen molar-refractivity contribution in [2.45, 2.75) is 6.61 Å². The summed E-state index contributed by atoms with van der Waals surface area (Å²) in [4.78, 5) is 13.7. The Morgan fingerprint density at radius 3 is 2.81 bits per heavy atom. The number of ether oxygens (including phenoxy) is 3. The maximum absolute atomic E-state index is 13.8. The lowest BCUT2D eigenvalue weighted by Crippen LogP contribution is -2.35. The molecule has 7 nitrogen and oxygen atoms in total. The second-order valence-electron chi connectivity index (χ2n) is 5.47. The number of halogens is 2. The van der Waals surface area contributed by atoms with Crippen LogP contribution in [0.2, 0.25) is 0 Å². The first kappa shape index (κ1) is 18.0. The lowest BCUT2D eigenvalue weighted by Gasteiger charge is -2.23. The highest BCUT2D eigenvalue weighted by atomic mass is 19.1. The van der Waals surface area contributed by atoms with E-state index in [1.807, 2.05) is 4.90 Å². The molecular weight excluding hydrogens is 346 g/mol. The Balaban J connectivity index is 1.65. The molecule has 1 saturated heterocycles. The maximum atomic E-state index is 13.8. The predicted octanol–water partition coefficient (Wildman–Crippen LogP) is 2.33. The first-order valence-electron chi connectivity index (χ1n) is 7.99. The van der Waals surface area contributed by atoms with Crippen molar-refractivity contribution in [1.82, 2.24) is 14.9 Å². The zero-order chi connectivity index (χ0) is 18.4. The van der Waals surface area contributed by atoms with Crippen LogP contribution in [-0.4, -0.2) is 54.6 Å². The molecule has 0 spiro atoms. The third-order valence-electron chi connectivity index (χ3n) is 3.68. The summed E-state index contributed by atoms with van der Waals surface area (Å²) in [6, 6.07) is 4.40. The van der Waals surface area contributed by atoms with Gasteiger partial charge in [0.25, 0.3) is 0 Å². The quantitative estimate of drug-likeness (QED) is 0.579. The zero-order valence-corrected chi connectivity index (χ0v) is 14.2. The molecule has 0 amide bonds. The first-order chi connectivity index (χ1) is 12.7. The predicted molar refractivity (Wildman–Crippen MR) is 89.8 cm³/mol. The van der Waals surface area contributed by atoms with E-state index >= 15 is 0 Å². The Bertz CT molecular complexity index is 783. The number of aromatic nitrogens is 2. The minimum absolute atomic E-state index is 0.0269. The van der Waals surface area contributed by atoms with E-state index in [1.165, 1.54) is 25.6 Å². The van der Waals surface area contributed by atoms with Crippen molar-refractivity contribution in [2.75, 3.05) is 33.4 Å². The SMILES string of the molecule is COc1ccc(COc2ncc(F)c(N=CN3CCOCC3)n2)cc1F. The van der Waals surface area contributed by atoms with Crippen molar-refractivity contribution >= 4 is 12.2 Å². The Labute approximate surface area is 149 Å². The number of hydrogen-bond donors (Lipinski definition) is 0. The van der Waals surface area contributed by atoms with Crippen LogP contribution >= 0.6 is 0 Å². The molecule has 26 heavy (non-hydrogen) atoms. The smallest absolute Gasteiger partial charge is 0.318 e. The van der Waals surface area contributed by atoms with Crippen LogP contribution in [0.1, 0.15) is 5.56 Å². The molecule has 0 N–H and O–H groups in total. The molecular formula is C17H18F2N4O3. The number of morpholine rings is 1. The minimum Gasteiger partial charge on any atom is -0.494 e. The van der Waals surface area contributed by atoms with E-state index in [1.54, 1.807) is 6.07 Å². The van der Waals surface area contributed by atoms with Crippen molar-refractivity contribution in [3.05, 3.63) is 41.6 Å². The Morgan fingerprint density at radius 2 is 2.08 bits per heavy atom. The van der Waals surface area contributed by atoms with E-state index in [-0.39, 0.29) is 24.2 Å². The molecule has 1 aliphatic rings. The van der Waals surface area contributed by atoms with Crippen LogP contribution in [0.4, 0.5) is 14.6 Å². The van der Waals surface area contributed by atoms with E-state index in [4.69, 9.17) is 14.2 Å². The Kier molecular flexibility index (Phi) is 5.90. The number of nitrogens with zero attached hydrogens (tertiary/aromatic N) is 4. The third-order valence-corrected chi connectivity index (χ3v) is 3.68. The van der Waals surface area contributed by atoms with Gasteiger partial charge in [-0.3, -0.25) is 0 Å². The fourth-order valence-electron chi connectivity index (χ4n) is 2.28. The van der Waals surface area contributed by atoms with Crippen LogP contribution in [0.15, 0.2) is 29.4 Å². The molecule has 0 aliphatic carbocycles. The number of rotatable bonds is 6. The van der Waals surface area contributed by atoms with Crippen molar-refractivity contribution in [3.63, 3.8) is 0 Å². The van der Waals surface area contributed by atoms with Gasteiger partial charge in [0.2, 0.25) is 0 Å². The molecule has 1 aromatic carbocycles. The maximum Gasteiger partial charge on any atom is 0.318 e. The van der Waals surface area contributed by atoms with Crippen LogP contribution < -0.4 is 9.47 Å². The molecule has 138 valence electrons. The fourth-order valence-corrected chi connectivity index (χ4v) is 2.28. The number of benzene rings is 1. The molecule has 0 unspecified atom stereocenters. The molecule has 2 aromatic rings. The highest BCUT2D eigenvalue weighted by molar-refractivity contribution is 5.60. The molecule has 9 heteroatoms. The van der Waals surface area contributed by atoms with Gasteiger partial charge in [-0.2, -0.15) is 4.98 Å². The van der Waals surface area contributed by atoms with Crippen molar-refractivity contribution in [2.24, 2.45) is 4.99 Å². The van der Waals surface area contributed by atoms with E-state index in [0.717, 1.165) is 6.20 Å². The van der Waals surface area contributed by atoms with Crippen LogP contribution in [0.3, 0.4) is 0 Å². The molecule has 1 aliphatic heterocycles. The van der Waals surface area contributed by atoms with Gasteiger partial charge in [-0.1, -0.05) is 6.07 Å². The van der Waals surface area contributed by atoms with E-state index < -0.39 is 11.6 Å². The normalized spacial score (nSPS) is 14.7. The summed E-state index contributed by atoms with van der Waals surface area (Å²) >= 11 is 0. The molecule has 0 radical (unpaired) electrons. The average molecular weight is 364 g/mol. The molecule has 1 fully saturated rings. The van der Waals surface area contributed by atoms with Crippen molar-refractivity contribution < 1.29 is 23.0 Å². The van der Waals surface area contributed by atoms with Gasteiger partial charge in [0, 0.05) is 13.1 Å². The summed E-state index contributed by atoms with van der Waals surface area (Å²) in [7, 11) is 1.39. The third kappa shape index (κ3) is 4.63. The molecule has 2 heterocycles. The van der Waals surface area contributed by atoms with Crippen LogP contribution in [-0.2, 0) is 11.3 Å². The second-order valence-corrected chi connectivity index (χ2v) is 5.47. The van der Waals surface area contributed by atoms with Crippen LogP contribution in [0.5, 0.6) is 11.8 Å². The first-order valence-corrected chi connectivity index (χ1v) is 7.99. The van der Waals surface area contributed by atoms with Gasteiger partial charge in [0.1, 0.15) is 6.61 Å². The lowest BCUT2D eigenvalue weighted by molar-refractivity contribution is 0.0701. The van der Waals surface area contributed by atoms with Gasteiger partial charge in [0.15, 0.2) is 23.2 Å². The Hall–Kier alpha value is -2.81. The number of aliphatic imine (C=N–C) groups is 1. The molecule has 3 rings (SSSR count). The van der Waals surface area contributed by atoms with E-state index in [9.17, 15) is 8.78 Å². The standard InChI is InChI=1S/C17H18F2N4O3/c1-24-15-3-2-12(8-13(15)18)10-26-17-20-9-14(19)16(22-17)21-11-23-4-6-25-7-5-23/h2-3,8-9,11H,4-7,10H2,1H3. The number of methoxy groups -OCH3 is 1. The molecule has 0 bridgehead atoms. The summed E-state index contributed by atoms with van der Waals surface area (Å²) < 4.78 is 43.0. The minimum atomic E-state index is -0.655. The highest BCUT2D eigenvalue weighted by Gasteiger charge is 2.10. The molecule has 0 atom stereocenters. The van der Waals surface area contributed by atoms with Crippen LogP contribution in [0, 0.1) is 11.6 Å². The van der Waals surface area contributed by atoms with Gasteiger partial charge < -0.3 is 19.1 Å². The van der Waals surface area contributed by atoms with Gasteiger partial charge >= 0.3 is 6.01 Å². The van der Waals surface area contributed by atoms with Crippen molar-refractivity contribution in [1.29, 1.82) is 0 Å². The monoisotopic (exact) mass is 364 g/mol. The summed E-state index contributed by atoms with van der Waals surface area (Å²) in [6.07, 6.45) is 2.51. The lowest BCUT2D eigenvalue weighted by atomic mass is 10.2. The van der Waals surface area contributed by atoms with Gasteiger partial charge in [-0.15, -0.1) is 0 Å². The second kappa shape index (κ2) is 8.52. The summed E-state index contributed by atoms with van der Waals surface area (Å²) in [5, 5.41) is 0. The molecule has 0 saturated carbocycles. The largest absolute Gasteiger partial charge is 0.494 e. The van der Waals surface area contributed by atoms with E-state index in [2.05, 4.69) is 15.0 Å². The van der Waals surface area contributed by atoms with E-state index in [0.29, 0.717) is 31.9 Å². The van der Waals surface area contributed by atoms with Crippen molar-refractivity contribution in [3.8, 4) is 11.8 Å². The average Bonchev–Trinajstić information content (AvgIpc) is 2.67. The number of hydrogen-bond acceptors (Lipinski definition) is 6. The molecule has 1 aromatic heterocycles. The fraction of sp³-hybridized carbons (Fsp3) is 0.353. The topological polar surface area (TPSA) is 69.1 Å². The Morgan fingerprint density at radius 1 is 1.27 bits per heavy atom. The summed E-state index contributed by atoms with van der Waals surface area (Å²) in [5.74, 6) is -1.13. The summed E-state index contributed by atoms with van der Waals surface area (Å²) in [5.41, 5.74) is 0.564. The summed E-state index contributed by atoms with van der Waals surface area (Å²) in [6.45, 7) is 2.60. The van der Waals surface area contributed by atoms with Gasteiger partial charge in [-0.05, 0) is 17.7 Å². The van der Waals surface area contributed by atoms with Gasteiger partial charge in [0.05, 0.1) is 32.9 Å².